The van der Waals surface area contributed by atoms with Crippen LogP contribution < -0.4 is 10.6 Å². The Kier molecular flexibility index (Phi) is 6.20. The lowest BCUT2D eigenvalue weighted by Gasteiger charge is -2.12. The summed E-state index contributed by atoms with van der Waals surface area (Å²) in [5.74, 6) is 1.04. The number of rotatable bonds is 8. The molecule has 8 nitrogen and oxygen atoms in total. The average Bonchev–Trinajstić information content (AvgIpc) is 3.16. The molecule has 0 saturated heterocycles. The largest absolute Gasteiger partial charge is 0.508 e. The molecule has 0 bridgehead atoms. The monoisotopic (exact) mass is 438 g/mol. The Labute approximate surface area is 184 Å². The molecule has 4 aromatic rings. The van der Waals surface area contributed by atoms with Crippen LogP contribution in [0.5, 0.6) is 5.75 Å². The van der Waals surface area contributed by atoms with Gasteiger partial charge in [-0.1, -0.05) is 41.9 Å². The summed E-state index contributed by atoms with van der Waals surface area (Å²) in [5.41, 5.74) is 3.03. The number of imidazole rings is 1. The number of hydrogen-bond donors (Lipinski definition) is 4. The minimum atomic E-state index is -0.548. The molecule has 31 heavy (non-hydrogen) atoms. The van der Waals surface area contributed by atoms with Gasteiger partial charge in [-0.2, -0.15) is 9.97 Å². The van der Waals surface area contributed by atoms with Gasteiger partial charge >= 0.3 is 0 Å². The first-order valence-corrected chi connectivity index (χ1v) is 10.3. The lowest BCUT2D eigenvalue weighted by Crippen LogP contribution is -2.17. The number of hydrogen-bond acceptors (Lipinski definition) is 7. The third-order valence-electron chi connectivity index (χ3n) is 4.70. The maximum atomic E-state index is 10.1. The van der Waals surface area contributed by atoms with Crippen molar-refractivity contribution >= 4 is 34.5 Å². The van der Waals surface area contributed by atoms with Crippen LogP contribution in [0.15, 0.2) is 54.9 Å². The molecule has 0 aliphatic carbocycles. The molecule has 2 aromatic carbocycles. The molecule has 0 aliphatic heterocycles. The van der Waals surface area contributed by atoms with Crippen molar-refractivity contribution in [3.63, 3.8) is 0 Å². The van der Waals surface area contributed by atoms with Gasteiger partial charge in [-0.25, -0.2) is 4.98 Å². The minimum absolute atomic E-state index is 0.143. The number of nitrogens with zero attached hydrogens (tertiary/aromatic N) is 4. The highest BCUT2D eigenvalue weighted by Gasteiger charge is 2.15. The molecular weight excluding hydrogens is 416 g/mol. The summed E-state index contributed by atoms with van der Waals surface area (Å²) in [6, 6.07) is 14.9. The number of benzene rings is 2. The average molecular weight is 439 g/mol. The standard InChI is InChI=1S/C22H23ClN6O2/c1-14(30)10-25-22-27-20(24-11-16-9-17(23)7-8-18(16)31)19-21(28-22)29(13-26-19)12-15-5-3-2-4-6-15/h2-9,13-14,30-31H,10-12H2,1H3,(H2,24,25,27,28). The molecule has 9 heteroatoms. The number of aliphatic hydroxyl groups is 1. The number of nitrogens with one attached hydrogen (secondary N) is 2. The molecule has 4 rings (SSSR count). The third kappa shape index (κ3) is 5.04. The quantitative estimate of drug-likeness (QED) is 0.332. The molecule has 0 fully saturated rings. The maximum Gasteiger partial charge on any atom is 0.226 e. The van der Waals surface area contributed by atoms with Crippen LogP contribution in [0.1, 0.15) is 18.1 Å². The lowest BCUT2D eigenvalue weighted by atomic mass is 10.2. The van der Waals surface area contributed by atoms with Gasteiger partial charge in [0.15, 0.2) is 17.0 Å². The summed E-state index contributed by atoms with van der Waals surface area (Å²) in [5, 5.41) is 26.5. The van der Waals surface area contributed by atoms with E-state index in [1.54, 1.807) is 31.5 Å². The smallest absolute Gasteiger partial charge is 0.226 e. The second-order valence-electron chi connectivity index (χ2n) is 7.28. The van der Waals surface area contributed by atoms with Gasteiger partial charge in [-0.05, 0) is 30.7 Å². The van der Waals surface area contributed by atoms with Gasteiger partial charge in [0.05, 0.1) is 19.0 Å². The molecule has 0 spiro atoms. The Morgan fingerprint density at radius 1 is 1.10 bits per heavy atom. The molecule has 0 amide bonds. The summed E-state index contributed by atoms with van der Waals surface area (Å²) in [6.45, 7) is 2.91. The van der Waals surface area contributed by atoms with Gasteiger partial charge in [0.2, 0.25) is 5.95 Å². The zero-order chi connectivity index (χ0) is 21.8. The number of aliphatic hydroxyl groups excluding tert-OH is 1. The van der Waals surface area contributed by atoms with Crippen molar-refractivity contribution in [2.75, 3.05) is 17.2 Å². The Bertz CT molecular complexity index is 1180. The van der Waals surface area contributed by atoms with Crippen LogP contribution in [0.25, 0.3) is 11.2 Å². The van der Waals surface area contributed by atoms with E-state index in [-0.39, 0.29) is 5.75 Å². The second-order valence-corrected chi connectivity index (χ2v) is 7.72. The molecular formula is C22H23ClN6O2. The molecule has 2 aromatic heterocycles. The van der Waals surface area contributed by atoms with Gasteiger partial charge in [0.1, 0.15) is 5.75 Å². The summed E-state index contributed by atoms with van der Waals surface area (Å²) >= 11 is 6.06. The first kappa shape index (κ1) is 20.9. The second kappa shape index (κ2) is 9.20. The van der Waals surface area contributed by atoms with E-state index >= 15 is 0 Å². The van der Waals surface area contributed by atoms with E-state index in [0.29, 0.717) is 53.2 Å². The van der Waals surface area contributed by atoms with Gasteiger partial charge in [-0.15, -0.1) is 0 Å². The van der Waals surface area contributed by atoms with Crippen LogP contribution in [0.2, 0.25) is 5.02 Å². The zero-order valence-corrected chi connectivity index (χ0v) is 17.7. The Morgan fingerprint density at radius 2 is 1.90 bits per heavy atom. The predicted octanol–water partition coefficient (Wildman–Crippen LogP) is 3.64. The van der Waals surface area contributed by atoms with E-state index in [1.165, 1.54) is 0 Å². The fraction of sp³-hybridized carbons (Fsp3) is 0.227. The third-order valence-corrected chi connectivity index (χ3v) is 4.94. The van der Waals surface area contributed by atoms with Gasteiger partial charge < -0.3 is 25.4 Å². The number of halogens is 1. The van der Waals surface area contributed by atoms with Gasteiger partial charge in [0, 0.05) is 23.7 Å². The molecule has 0 saturated carbocycles. The molecule has 160 valence electrons. The Balaban J connectivity index is 1.67. The van der Waals surface area contributed by atoms with Crippen molar-refractivity contribution in [2.24, 2.45) is 0 Å². The number of fused-ring (bicyclic) bond motifs is 1. The first-order chi connectivity index (χ1) is 15.0. The van der Waals surface area contributed by atoms with Crippen LogP contribution in [-0.2, 0) is 13.1 Å². The summed E-state index contributed by atoms with van der Waals surface area (Å²) in [4.78, 5) is 13.6. The fourth-order valence-electron chi connectivity index (χ4n) is 3.16. The lowest BCUT2D eigenvalue weighted by molar-refractivity contribution is 0.208. The Hall–Kier alpha value is -3.36. The van der Waals surface area contributed by atoms with Crippen LogP contribution in [0.3, 0.4) is 0 Å². The van der Waals surface area contributed by atoms with Crippen molar-refractivity contribution in [1.29, 1.82) is 0 Å². The summed E-state index contributed by atoms with van der Waals surface area (Å²) in [6.07, 6.45) is 1.18. The normalized spacial score (nSPS) is 12.1. The number of phenols is 1. The van der Waals surface area contributed by atoms with Gasteiger partial charge in [-0.3, -0.25) is 0 Å². The van der Waals surface area contributed by atoms with Gasteiger partial charge in [0.25, 0.3) is 0 Å². The van der Waals surface area contributed by atoms with Crippen molar-refractivity contribution in [3.05, 3.63) is 71.0 Å². The molecule has 0 radical (unpaired) electrons. The number of anilines is 2. The molecule has 1 unspecified atom stereocenters. The van der Waals surface area contributed by atoms with Crippen LogP contribution in [0, 0.1) is 0 Å². The van der Waals surface area contributed by atoms with E-state index in [4.69, 9.17) is 11.6 Å². The zero-order valence-electron chi connectivity index (χ0n) is 17.0. The number of aromatic hydroxyl groups is 1. The highest BCUT2D eigenvalue weighted by Crippen LogP contribution is 2.25. The van der Waals surface area contributed by atoms with Crippen molar-refractivity contribution in [2.45, 2.75) is 26.1 Å². The van der Waals surface area contributed by atoms with E-state index < -0.39 is 6.10 Å². The van der Waals surface area contributed by atoms with Crippen LogP contribution >= 0.6 is 11.6 Å². The van der Waals surface area contributed by atoms with Crippen molar-refractivity contribution < 1.29 is 10.2 Å². The van der Waals surface area contributed by atoms with E-state index in [2.05, 4.69) is 25.6 Å². The molecule has 2 heterocycles. The minimum Gasteiger partial charge on any atom is -0.508 e. The SMILES string of the molecule is CC(O)CNc1nc(NCc2cc(Cl)ccc2O)c2ncn(Cc3ccccc3)c2n1. The molecule has 4 N–H and O–H groups in total. The van der Waals surface area contributed by atoms with E-state index in [9.17, 15) is 10.2 Å². The number of phenolic OH excluding ortho intramolecular Hbond substituents is 1. The first-order valence-electron chi connectivity index (χ1n) is 9.89. The molecule has 1 atom stereocenters. The summed E-state index contributed by atoms with van der Waals surface area (Å²) < 4.78 is 1.95. The molecule has 0 aliphatic rings. The van der Waals surface area contributed by atoms with E-state index in [1.807, 2.05) is 34.9 Å². The summed E-state index contributed by atoms with van der Waals surface area (Å²) in [7, 11) is 0. The number of aromatic nitrogens is 4. The van der Waals surface area contributed by atoms with E-state index in [0.717, 1.165) is 5.56 Å². The van der Waals surface area contributed by atoms with Crippen LogP contribution in [-0.4, -0.2) is 42.4 Å². The topological polar surface area (TPSA) is 108 Å². The van der Waals surface area contributed by atoms with Crippen LogP contribution in [0.4, 0.5) is 11.8 Å². The highest BCUT2D eigenvalue weighted by atomic mass is 35.5. The fourth-order valence-corrected chi connectivity index (χ4v) is 3.35. The van der Waals surface area contributed by atoms with Crippen molar-refractivity contribution in [1.82, 2.24) is 19.5 Å². The highest BCUT2D eigenvalue weighted by molar-refractivity contribution is 6.30. The predicted molar refractivity (Wildman–Crippen MR) is 121 cm³/mol. The maximum absolute atomic E-state index is 10.1. The van der Waals surface area contributed by atoms with Crippen molar-refractivity contribution in [3.8, 4) is 5.75 Å². The Morgan fingerprint density at radius 3 is 2.68 bits per heavy atom.